The first-order valence-corrected chi connectivity index (χ1v) is 11.4. The van der Waals surface area contributed by atoms with E-state index >= 15 is 0 Å². The minimum atomic E-state index is 0.00992. The largest absolute Gasteiger partial charge is 0.368 e. The van der Waals surface area contributed by atoms with Gasteiger partial charge in [-0.15, -0.1) is 0 Å². The van der Waals surface area contributed by atoms with Gasteiger partial charge in [-0.05, 0) is 49.6 Å². The van der Waals surface area contributed by atoms with Crippen LogP contribution in [0.3, 0.4) is 0 Å². The van der Waals surface area contributed by atoms with Gasteiger partial charge < -0.3 is 20.0 Å². The van der Waals surface area contributed by atoms with Crippen LogP contribution >= 0.6 is 0 Å². The Kier molecular flexibility index (Phi) is 6.75. The smallest absolute Gasteiger partial charge is 0.317 e. The third-order valence-electron chi connectivity index (χ3n) is 6.33. The molecule has 2 aliphatic rings. The molecule has 0 aliphatic carbocycles. The molecule has 1 N–H and O–H groups in total. The fraction of sp³-hybridized carbons (Fsp3) is 0.440. The van der Waals surface area contributed by atoms with Crippen molar-refractivity contribution < 1.29 is 9.59 Å². The Labute approximate surface area is 184 Å². The predicted molar refractivity (Wildman–Crippen MR) is 124 cm³/mol. The second-order valence-electron chi connectivity index (χ2n) is 8.36. The number of carbonyl (C=O) groups excluding carboxylic acids is 2. The average Bonchev–Trinajstić information content (AvgIpc) is 2.84. The van der Waals surface area contributed by atoms with Gasteiger partial charge in [-0.3, -0.25) is 4.79 Å². The number of para-hydroxylation sites is 1. The summed E-state index contributed by atoms with van der Waals surface area (Å²) < 4.78 is 0. The van der Waals surface area contributed by atoms with E-state index in [1.54, 1.807) is 0 Å². The van der Waals surface area contributed by atoms with Crippen LogP contribution in [0.2, 0.25) is 0 Å². The van der Waals surface area contributed by atoms with Crippen molar-refractivity contribution >= 4 is 17.6 Å². The monoisotopic (exact) mass is 420 g/mol. The van der Waals surface area contributed by atoms with Crippen LogP contribution in [0.1, 0.15) is 41.6 Å². The van der Waals surface area contributed by atoms with Crippen molar-refractivity contribution in [1.29, 1.82) is 0 Å². The number of anilines is 1. The van der Waals surface area contributed by atoms with Crippen LogP contribution in [-0.4, -0.2) is 67.6 Å². The van der Waals surface area contributed by atoms with Crippen LogP contribution in [0, 0.1) is 0 Å². The minimum absolute atomic E-state index is 0.00992. The number of urea groups is 1. The fourth-order valence-corrected chi connectivity index (χ4v) is 4.61. The van der Waals surface area contributed by atoms with Crippen LogP contribution in [0.25, 0.3) is 0 Å². The number of hydrogen-bond donors (Lipinski definition) is 1. The summed E-state index contributed by atoms with van der Waals surface area (Å²) in [7, 11) is 0. The summed E-state index contributed by atoms with van der Waals surface area (Å²) in [5, 5.41) is 2.90. The van der Waals surface area contributed by atoms with Crippen LogP contribution in [0.4, 0.5) is 10.5 Å². The van der Waals surface area contributed by atoms with Crippen molar-refractivity contribution in [3.8, 4) is 0 Å². The molecular formula is C25H32N4O2. The third kappa shape index (κ3) is 5.01. The average molecular weight is 421 g/mol. The van der Waals surface area contributed by atoms with E-state index in [9.17, 15) is 9.59 Å². The number of amides is 3. The molecule has 0 aromatic heterocycles. The highest BCUT2D eigenvalue weighted by Gasteiger charge is 2.26. The zero-order valence-corrected chi connectivity index (χ0v) is 18.3. The van der Waals surface area contributed by atoms with Gasteiger partial charge >= 0.3 is 6.03 Å². The number of likely N-dealkylation sites (tertiary alicyclic amines) is 1. The lowest BCUT2D eigenvalue weighted by atomic mass is 9.89. The zero-order valence-electron chi connectivity index (χ0n) is 18.3. The lowest BCUT2D eigenvalue weighted by Crippen LogP contribution is -2.48. The third-order valence-corrected chi connectivity index (χ3v) is 6.33. The Hall–Kier alpha value is -3.02. The van der Waals surface area contributed by atoms with E-state index in [0.717, 1.165) is 56.7 Å². The van der Waals surface area contributed by atoms with Gasteiger partial charge in [0.05, 0.1) is 0 Å². The number of carbonyl (C=O) groups is 2. The lowest BCUT2D eigenvalue weighted by Gasteiger charge is -2.36. The summed E-state index contributed by atoms with van der Waals surface area (Å²) in [6.45, 7) is 7.24. The minimum Gasteiger partial charge on any atom is -0.368 e. The molecule has 164 valence electrons. The van der Waals surface area contributed by atoms with Crippen molar-refractivity contribution in [2.45, 2.75) is 25.7 Å². The predicted octanol–water partition coefficient (Wildman–Crippen LogP) is 3.56. The molecule has 0 saturated carbocycles. The van der Waals surface area contributed by atoms with Gasteiger partial charge in [0.1, 0.15) is 0 Å². The molecule has 4 rings (SSSR count). The van der Waals surface area contributed by atoms with E-state index in [0.29, 0.717) is 13.1 Å². The van der Waals surface area contributed by atoms with Crippen LogP contribution in [0.15, 0.2) is 54.6 Å². The fourth-order valence-electron chi connectivity index (χ4n) is 4.61. The number of nitrogens with one attached hydrogen (secondary N) is 1. The van der Waals surface area contributed by atoms with Crippen molar-refractivity contribution in [1.82, 2.24) is 15.1 Å². The molecule has 0 bridgehead atoms. The van der Waals surface area contributed by atoms with Gasteiger partial charge in [-0.1, -0.05) is 30.3 Å². The van der Waals surface area contributed by atoms with E-state index in [1.165, 1.54) is 5.69 Å². The van der Waals surface area contributed by atoms with Gasteiger partial charge in [0.2, 0.25) is 0 Å². The highest BCUT2D eigenvalue weighted by Crippen LogP contribution is 2.28. The second-order valence-corrected chi connectivity index (χ2v) is 8.36. The van der Waals surface area contributed by atoms with Crippen LogP contribution in [-0.2, 0) is 0 Å². The van der Waals surface area contributed by atoms with Gasteiger partial charge in [0, 0.05) is 63.0 Å². The molecule has 2 aliphatic heterocycles. The molecule has 6 nitrogen and oxygen atoms in total. The summed E-state index contributed by atoms with van der Waals surface area (Å²) in [6, 6.07) is 18.4. The molecule has 2 heterocycles. The van der Waals surface area contributed by atoms with Gasteiger partial charge in [0.25, 0.3) is 5.91 Å². The first-order valence-electron chi connectivity index (χ1n) is 11.4. The van der Waals surface area contributed by atoms with E-state index in [1.807, 2.05) is 41.0 Å². The molecule has 2 fully saturated rings. The van der Waals surface area contributed by atoms with Crippen LogP contribution < -0.4 is 10.2 Å². The molecular weight excluding hydrogens is 388 g/mol. The Balaban J connectivity index is 1.39. The number of hydrogen-bond acceptors (Lipinski definition) is 3. The van der Waals surface area contributed by atoms with Crippen molar-refractivity contribution in [3.63, 3.8) is 0 Å². The topological polar surface area (TPSA) is 55.9 Å². The highest BCUT2D eigenvalue weighted by molar-refractivity contribution is 5.94. The maximum atomic E-state index is 13.2. The molecule has 3 amide bonds. The van der Waals surface area contributed by atoms with Gasteiger partial charge in [-0.2, -0.15) is 0 Å². The SMILES string of the molecule is CCNC(=O)N1CCC[C@H](c2cccc(C(=O)N3CCN(c4ccccc4)CC3)c2)C1. The molecule has 6 heteroatoms. The summed E-state index contributed by atoms with van der Waals surface area (Å²) in [6.07, 6.45) is 2.03. The first kappa shape index (κ1) is 21.2. The maximum Gasteiger partial charge on any atom is 0.317 e. The number of piperazine rings is 1. The van der Waals surface area contributed by atoms with E-state index < -0.39 is 0 Å². The number of piperidine rings is 1. The molecule has 0 spiro atoms. The van der Waals surface area contributed by atoms with Crippen molar-refractivity contribution in [3.05, 3.63) is 65.7 Å². The summed E-state index contributed by atoms with van der Waals surface area (Å²) in [5.74, 6) is 0.380. The maximum absolute atomic E-state index is 13.2. The first-order chi connectivity index (χ1) is 15.2. The number of benzene rings is 2. The lowest BCUT2D eigenvalue weighted by molar-refractivity contribution is 0.0746. The molecule has 1 atom stereocenters. The summed E-state index contributed by atoms with van der Waals surface area (Å²) >= 11 is 0. The number of nitrogens with zero attached hydrogens (tertiary/aromatic N) is 3. The zero-order chi connectivity index (χ0) is 21.6. The van der Waals surface area contributed by atoms with Crippen LogP contribution in [0.5, 0.6) is 0 Å². The molecule has 0 radical (unpaired) electrons. The standard InChI is InChI=1S/C25H32N4O2/c1-2-26-25(31)29-13-7-10-22(19-29)20-8-6-9-21(18-20)24(30)28-16-14-27(15-17-28)23-11-4-3-5-12-23/h3-6,8-9,11-12,18,22H,2,7,10,13-17,19H2,1H3,(H,26,31)/t22-/m0/s1. The van der Waals surface area contributed by atoms with Gasteiger partial charge in [-0.25, -0.2) is 4.79 Å². The normalized spacial score (nSPS) is 19.3. The Morgan fingerprint density at radius 1 is 0.935 bits per heavy atom. The van der Waals surface area contributed by atoms with E-state index in [4.69, 9.17) is 0 Å². The molecule has 2 aromatic rings. The van der Waals surface area contributed by atoms with Gasteiger partial charge in [0.15, 0.2) is 0 Å². The molecule has 2 aromatic carbocycles. The molecule has 31 heavy (non-hydrogen) atoms. The molecule has 2 saturated heterocycles. The number of rotatable bonds is 4. The van der Waals surface area contributed by atoms with E-state index in [-0.39, 0.29) is 17.9 Å². The Morgan fingerprint density at radius 2 is 1.71 bits per heavy atom. The van der Waals surface area contributed by atoms with Crippen molar-refractivity contribution in [2.75, 3.05) is 50.7 Å². The second kappa shape index (κ2) is 9.86. The Bertz CT molecular complexity index is 893. The van der Waals surface area contributed by atoms with Crippen molar-refractivity contribution in [2.24, 2.45) is 0 Å². The summed E-state index contributed by atoms with van der Waals surface area (Å²) in [5.41, 5.74) is 3.12. The highest BCUT2D eigenvalue weighted by atomic mass is 16.2. The Morgan fingerprint density at radius 3 is 2.45 bits per heavy atom. The van der Waals surface area contributed by atoms with E-state index in [2.05, 4.69) is 40.5 Å². The summed E-state index contributed by atoms with van der Waals surface area (Å²) in [4.78, 5) is 31.6. The quantitative estimate of drug-likeness (QED) is 0.823. The molecule has 0 unspecified atom stereocenters.